The summed E-state index contributed by atoms with van der Waals surface area (Å²) in [6.45, 7) is 4.75. The Bertz CT molecular complexity index is 1140. The molecule has 0 saturated carbocycles. The third-order valence-corrected chi connectivity index (χ3v) is 6.94. The molecule has 0 radical (unpaired) electrons. The molecule has 0 saturated heterocycles. The predicted molar refractivity (Wildman–Crippen MR) is 159 cm³/mol. The average Bonchev–Trinajstić information content (AvgIpc) is 3.34. The molecule has 3 amide bonds. The zero-order valence-electron chi connectivity index (χ0n) is 24.2. The van der Waals surface area contributed by atoms with E-state index in [0.29, 0.717) is 45.2 Å². The number of hydrogen-bond donors (Lipinski definition) is 8. The van der Waals surface area contributed by atoms with Crippen LogP contribution in [0.5, 0.6) is 0 Å². The van der Waals surface area contributed by atoms with Gasteiger partial charge in [-0.25, -0.2) is 4.79 Å². The summed E-state index contributed by atoms with van der Waals surface area (Å²) >= 11 is 0. The van der Waals surface area contributed by atoms with E-state index in [9.17, 15) is 24.3 Å². The van der Waals surface area contributed by atoms with Crippen molar-refractivity contribution in [2.24, 2.45) is 23.1 Å². The van der Waals surface area contributed by atoms with Gasteiger partial charge in [0.2, 0.25) is 17.7 Å². The van der Waals surface area contributed by atoms with Gasteiger partial charge >= 0.3 is 5.97 Å². The summed E-state index contributed by atoms with van der Waals surface area (Å²) < 4.78 is 0. The highest BCUT2D eigenvalue weighted by Crippen LogP contribution is 2.19. The first kappa shape index (κ1) is 33.7. The molecule has 41 heavy (non-hydrogen) atoms. The largest absolute Gasteiger partial charge is 0.480 e. The topological polar surface area (TPSA) is 218 Å². The molecule has 0 aliphatic carbocycles. The number of amides is 3. The van der Waals surface area contributed by atoms with E-state index in [1.165, 1.54) is 0 Å². The second-order valence-corrected chi connectivity index (χ2v) is 10.9. The van der Waals surface area contributed by atoms with Crippen LogP contribution in [0, 0.1) is 5.92 Å². The Morgan fingerprint density at radius 1 is 0.829 bits per heavy atom. The van der Waals surface area contributed by atoms with Crippen LogP contribution in [0.2, 0.25) is 0 Å². The number of aromatic amines is 1. The monoisotopic (exact) mass is 573 g/mol. The van der Waals surface area contributed by atoms with E-state index in [1.807, 2.05) is 38.1 Å². The van der Waals surface area contributed by atoms with Crippen LogP contribution in [0.25, 0.3) is 10.9 Å². The number of fused-ring (bicyclic) bond motifs is 1. The highest BCUT2D eigenvalue weighted by Gasteiger charge is 2.31. The Morgan fingerprint density at radius 2 is 1.41 bits per heavy atom. The summed E-state index contributed by atoms with van der Waals surface area (Å²) in [7, 11) is 0. The Kier molecular flexibility index (Phi) is 14.3. The molecule has 0 aliphatic heterocycles. The van der Waals surface area contributed by atoms with Gasteiger partial charge in [0.25, 0.3) is 0 Å². The standard InChI is InChI=1S/C29H47N7O5/c1-18(2)15-24(35-26(37)21(32)10-5-7-13-30)28(39)34-23(12-6-8-14-31)27(38)36-25(29(40)41)16-19-17-33-22-11-4-3-9-20(19)22/h3-4,9,11,17-18,21,23-25,33H,5-8,10,12-16,30-32H2,1-2H3,(H,34,39)(H,35,37)(H,36,38)(H,40,41). The molecule has 2 aromatic rings. The molecular formula is C29H47N7O5. The van der Waals surface area contributed by atoms with Crippen LogP contribution in [0.4, 0.5) is 0 Å². The van der Waals surface area contributed by atoms with Crippen LogP contribution in [-0.4, -0.2) is 71.0 Å². The molecule has 1 aromatic heterocycles. The van der Waals surface area contributed by atoms with Crippen LogP contribution >= 0.6 is 0 Å². The molecule has 0 spiro atoms. The molecule has 0 bridgehead atoms. The van der Waals surface area contributed by atoms with E-state index in [4.69, 9.17) is 17.2 Å². The number of rotatable bonds is 19. The van der Waals surface area contributed by atoms with E-state index >= 15 is 0 Å². The highest BCUT2D eigenvalue weighted by atomic mass is 16.4. The number of carboxylic acids is 1. The van der Waals surface area contributed by atoms with Gasteiger partial charge in [-0.05, 0) is 69.2 Å². The fraction of sp³-hybridized carbons (Fsp3) is 0.586. The maximum atomic E-state index is 13.4. The van der Waals surface area contributed by atoms with Crippen molar-refractivity contribution in [1.82, 2.24) is 20.9 Å². The van der Waals surface area contributed by atoms with Gasteiger partial charge in [-0.1, -0.05) is 38.5 Å². The van der Waals surface area contributed by atoms with Gasteiger partial charge in [0.05, 0.1) is 6.04 Å². The zero-order valence-corrected chi connectivity index (χ0v) is 24.2. The second-order valence-electron chi connectivity index (χ2n) is 10.9. The van der Waals surface area contributed by atoms with Gasteiger partial charge in [-0.15, -0.1) is 0 Å². The highest BCUT2D eigenvalue weighted by molar-refractivity contribution is 5.94. The van der Waals surface area contributed by atoms with E-state index < -0.39 is 47.9 Å². The number of carbonyl (C=O) groups excluding carboxylic acids is 3. The zero-order chi connectivity index (χ0) is 30.4. The van der Waals surface area contributed by atoms with Gasteiger partial charge in [-0.2, -0.15) is 0 Å². The lowest BCUT2D eigenvalue weighted by Crippen LogP contribution is -2.57. The third kappa shape index (κ3) is 11.1. The minimum Gasteiger partial charge on any atom is -0.480 e. The molecule has 2 rings (SSSR count). The lowest BCUT2D eigenvalue weighted by molar-refractivity contribution is -0.142. The summed E-state index contributed by atoms with van der Waals surface area (Å²) in [4.78, 5) is 54.7. The number of unbranched alkanes of at least 4 members (excludes halogenated alkanes) is 2. The first-order chi connectivity index (χ1) is 19.6. The van der Waals surface area contributed by atoms with Crippen molar-refractivity contribution in [3.63, 3.8) is 0 Å². The summed E-state index contributed by atoms with van der Waals surface area (Å²) in [6.07, 6.45) is 5.43. The van der Waals surface area contributed by atoms with Crippen molar-refractivity contribution >= 4 is 34.6 Å². The van der Waals surface area contributed by atoms with Crippen LogP contribution in [0.15, 0.2) is 30.5 Å². The van der Waals surface area contributed by atoms with Gasteiger partial charge in [0.1, 0.15) is 18.1 Å². The van der Waals surface area contributed by atoms with Crippen LogP contribution in [-0.2, 0) is 25.6 Å². The number of hydrogen-bond acceptors (Lipinski definition) is 7. The number of H-pyrrole nitrogens is 1. The minimum absolute atomic E-state index is 0.0582. The van der Waals surface area contributed by atoms with E-state index in [2.05, 4.69) is 20.9 Å². The lowest BCUT2D eigenvalue weighted by atomic mass is 10.0. The number of carboxylic acid groups (broad SMARTS) is 1. The number of benzene rings is 1. The molecule has 4 atom stereocenters. The number of carbonyl (C=O) groups is 4. The summed E-state index contributed by atoms with van der Waals surface area (Å²) in [5.41, 5.74) is 18.8. The fourth-order valence-corrected chi connectivity index (χ4v) is 4.65. The first-order valence-electron chi connectivity index (χ1n) is 14.4. The summed E-state index contributed by atoms with van der Waals surface area (Å²) in [6, 6.07) is 3.58. The summed E-state index contributed by atoms with van der Waals surface area (Å²) in [5, 5.41) is 18.8. The van der Waals surface area contributed by atoms with Crippen molar-refractivity contribution in [1.29, 1.82) is 0 Å². The Morgan fingerprint density at radius 3 is 2.05 bits per heavy atom. The van der Waals surface area contributed by atoms with Gasteiger partial charge in [-0.3, -0.25) is 14.4 Å². The molecule has 1 heterocycles. The molecule has 12 heteroatoms. The van der Waals surface area contributed by atoms with Crippen molar-refractivity contribution in [2.75, 3.05) is 13.1 Å². The Hall–Kier alpha value is -3.48. The molecule has 12 nitrogen and oxygen atoms in total. The minimum atomic E-state index is -1.21. The third-order valence-electron chi connectivity index (χ3n) is 6.94. The molecule has 0 aliphatic rings. The fourth-order valence-electron chi connectivity index (χ4n) is 4.65. The maximum Gasteiger partial charge on any atom is 0.326 e. The van der Waals surface area contributed by atoms with Crippen LogP contribution in [0.1, 0.15) is 64.4 Å². The van der Waals surface area contributed by atoms with Gasteiger partial charge < -0.3 is 43.2 Å². The summed E-state index contributed by atoms with van der Waals surface area (Å²) in [5.74, 6) is -2.72. The van der Waals surface area contributed by atoms with Crippen LogP contribution in [0.3, 0.4) is 0 Å². The van der Waals surface area contributed by atoms with Gasteiger partial charge in [0, 0.05) is 23.5 Å². The van der Waals surface area contributed by atoms with Crippen molar-refractivity contribution in [3.05, 3.63) is 36.0 Å². The van der Waals surface area contributed by atoms with Gasteiger partial charge in [0.15, 0.2) is 0 Å². The number of aliphatic carboxylic acids is 1. The molecule has 11 N–H and O–H groups in total. The van der Waals surface area contributed by atoms with Crippen molar-refractivity contribution in [3.8, 4) is 0 Å². The van der Waals surface area contributed by atoms with Crippen molar-refractivity contribution in [2.45, 2.75) is 89.4 Å². The van der Waals surface area contributed by atoms with Crippen LogP contribution < -0.4 is 33.2 Å². The molecule has 228 valence electrons. The molecule has 4 unspecified atom stereocenters. The normalized spacial score (nSPS) is 14.3. The first-order valence-corrected chi connectivity index (χ1v) is 14.4. The maximum absolute atomic E-state index is 13.4. The van der Waals surface area contributed by atoms with E-state index in [1.54, 1.807) is 6.20 Å². The Balaban J connectivity index is 2.15. The molecule has 0 fully saturated rings. The predicted octanol–water partition coefficient (Wildman–Crippen LogP) is 0.881. The van der Waals surface area contributed by atoms with E-state index in [0.717, 1.165) is 22.9 Å². The van der Waals surface area contributed by atoms with Crippen molar-refractivity contribution < 1.29 is 24.3 Å². The number of aromatic nitrogens is 1. The average molecular weight is 574 g/mol. The number of para-hydroxylation sites is 1. The number of nitrogens with two attached hydrogens (primary N) is 3. The Labute approximate surface area is 241 Å². The molecular weight excluding hydrogens is 526 g/mol. The smallest absolute Gasteiger partial charge is 0.326 e. The molecule has 1 aromatic carbocycles. The SMILES string of the molecule is CC(C)CC(NC(=O)C(N)CCCCN)C(=O)NC(CCCCN)C(=O)NC(Cc1c[nH]c2ccccc12)C(=O)O. The van der Waals surface area contributed by atoms with E-state index in [-0.39, 0.29) is 18.8 Å². The lowest BCUT2D eigenvalue weighted by Gasteiger charge is -2.26. The quantitative estimate of drug-likeness (QED) is 0.112. The number of nitrogens with one attached hydrogen (secondary N) is 4. The second kappa shape index (κ2) is 17.4.